The monoisotopic (exact) mass is 277 g/mol. The lowest BCUT2D eigenvalue weighted by Gasteiger charge is -2.12. The lowest BCUT2D eigenvalue weighted by Crippen LogP contribution is -2.15. The molecule has 0 aliphatic rings. The van der Waals surface area contributed by atoms with E-state index in [9.17, 15) is 22.4 Å². The van der Waals surface area contributed by atoms with E-state index < -0.39 is 29.3 Å². The number of benzene rings is 1. The van der Waals surface area contributed by atoms with Crippen molar-refractivity contribution >= 4 is 5.78 Å². The van der Waals surface area contributed by atoms with E-state index in [-0.39, 0.29) is 5.56 Å². The number of nitrogens with two attached hydrogens (primary N) is 1. The minimum Gasteiger partial charge on any atom is -0.330 e. The van der Waals surface area contributed by atoms with Crippen molar-refractivity contribution in [2.75, 3.05) is 6.54 Å². The predicted molar refractivity (Wildman–Crippen MR) is 63.2 cm³/mol. The van der Waals surface area contributed by atoms with E-state index in [4.69, 9.17) is 5.73 Å². The summed E-state index contributed by atoms with van der Waals surface area (Å²) in [6.45, 7) is 2.03. The summed E-state index contributed by atoms with van der Waals surface area (Å²) in [6, 6.07) is 2.31. The van der Waals surface area contributed by atoms with Crippen molar-refractivity contribution in [3.05, 3.63) is 35.1 Å². The van der Waals surface area contributed by atoms with Gasteiger partial charge in [0, 0.05) is 11.5 Å². The molecule has 0 heterocycles. The zero-order valence-electron chi connectivity index (χ0n) is 10.4. The molecule has 1 unspecified atom stereocenters. The minimum atomic E-state index is -4.80. The van der Waals surface area contributed by atoms with Crippen LogP contribution < -0.4 is 5.73 Å². The van der Waals surface area contributed by atoms with Crippen molar-refractivity contribution in [3.63, 3.8) is 0 Å². The summed E-state index contributed by atoms with van der Waals surface area (Å²) in [6.07, 6.45) is -3.70. The Morgan fingerprint density at radius 1 is 1.37 bits per heavy atom. The maximum Gasteiger partial charge on any atom is 0.419 e. The van der Waals surface area contributed by atoms with Crippen molar-refractivity contribution in [2.45, 2.75) is 25.9 Å². The summed E-state index contributed by atoms with van der Waals surface area (Å²) in [7, 11) is 0. The van der Waals surface area contributed by atoms with Crippen LogP contribution in [0.1, 0.15) is 35.7 Å². The molecular formula is C13H15F4NO. The van der Waals surface area contributed by atoms with Crippen molar-refractivity contribution < 1.29 is 22.4 Å². The average molecular weight is 277 g/mol. The van der Waals surface area contributed by atoms with Crippen LogP contribution in [-0.2, 0) is 6.18 Å². The maximum atomic E-state index is 13.1. The van der Waals surface area contributed by atoms with Gasteiger partial charge in [-0.1, -0.05) is 6.92 Å². The number of ketones is 1. The highest BCUT2D eigenvalue weighted by atomic mass is 19.4. The van der Waals surface area contributed by atoms with Crippen LogP contribution in [0.15, 0.2) is 18.2 Å². The van der Waals surface area contributed by atoms with Crippen LogP contribution in [0, 0.1) is 11.7 Å². The average Bonchev–Trinajstić information content (AvgIpc) is 2.34. The number of alkyl halides is 3. The van der Waals surface area contributed by atoms with Gasteiger partial charge in [0.1, 0.15) is 5.82 Å². The number of Topliss-reactive ketones (excluding diaryl/α,β-unsaturated/α-hetero) is 1. The van der Waals surface area contributed by atoms with E-state index in [0.29, 0.717) is 31.5 Å². The molecule has 1 rings (SSSR count). The number of carbonyl (C=O) groups is 1. The van der Waals surface area contributed by atoms with Gasteiger partial charge < -0.3 is 5.73 Å². The van der Waals surface area contributed by atoms with Crippen LogP contribution in [0.4, 0.5) is 17.6 Å². The molecule has 0 bridgehead atoms. The molecule has 0 aliphatic carbocycles. The van der Waals surface area contributed by atoms with Crippen molar-refractivity contribution in [2.24, 2.45) is 11.7 Å². The molecule has 0 fully saturated rings. The molecule has 0 saturated carbocycles. The fourth-order valence-corrected chi connectivity index (χ4v) is 1.74. The van der Waals surface area contributed by atoms with Gasteiger partial charge in [0.15, 0.2) is 5.78 Å². The fraction of sp³-hybridized carbons (Fsp3) is 0.462. The SMILES string of the molecule is CC(CCCN)C(=O)c1ccc(F)c(C(F)(F)F)c1. The Hall–Kier alpha value is -1.43. The first kappa shape index (κ1) is 15.6. The third-order valence-electron chi connectivity index (χ3n) is 2.85. The molecule has 0 radical (unpaired) electrons. The third kappa shape index (κ3) is 4.02. The zero-order chi connectivity index (χ0) is 14.6. The number of hydrogen-bond acceptors (Lipinski definition) is 2. The van der Waals surface area contributed by atoms with Gasteiger partial charge in [0.25, 0.3) is 0 Å². The van der Waals surface area contributed by atoms with E-state index in [1.54, 1.807) is 6.92 Å². The fourth-order valence-electron chi connectivity index (χ4n) is 1.74. The molecule has 0 aromatic heterocycles. The Bertz CT molecular complexity index is 456. The molecule has 6 heteroatoms. The Balaban J connectivity index is 2.99. The van der Waals surface area contributed by atoms with Crippen molar-refractivity contribution in [3.8, 4) is 0 Å². The second-order valence-corrected chi connectivity index (χ2v) is 4.39. The van der Waals surface area contributed by atoms with Gasteiger partial charge in [-0.15, -0.1) is 0 Å². The first-order chi connectivity index (χ1) is 8.77. The largest absolute Gasteiger partial charge is 0.419 e. The van der Waals surface area contributed by atoms with Gasteiger partial charge >= 0.3 is 6.18 Å². The summed E-state index contributed by atoms with van der Waals surface area (Å²) in [5.74, 6) is -2.24. The summed E-state index contributed by atoms with van der Waals surface area (Å²) >= 11 is 0. The van der Waals surface area contributed by atoms with Crippen LogP contribution in [0.5, 0.6) is 0 Å². The summed E-state index contributed by atoms with van der Waals surface area (Å²) in [5, 5.41) is 0. The Morgan fingerprint density at radius 3 is 2.53 bits per heavy atom. The van der Waals surface area contributed by atoms with E-state index >= 15 is 0 Å². The maximum absolute atomic E-state index is 13.1. The molecular weight excluding hydrogens is 262 g/mol. The van der Waals surface area contributed by atoms with Crippen LogP contribution in [0.2, 0.25) is 0 Å². The number of rotatable bonds is 5. The smallest absolute Gasteiger partial charge is 0.330 e. The van der Waals surface area contributed by atoms with Crippen LogP contribution in [0.25, 0.3) is 0 Å². The Morgan fingerprint density at radius 2 is 2.00 bits per heavy atom. The molecule has 0 spiro atoms. The summed E-state index contributed by atoms with van der Waals surface area (Å²) < 4.78 is 50.7. The highest BCUT2D eigenvalue weighted by molar-refractivity contribution is 5.97. The van der Waals surface area contributed by atoms with Gasteiger partial charge in [-0.2, -0.15) is 13.2 Å². The van der Waals surface area contributed by atoms with E-state index in [1.165, 1.54) is 0 Å². The van der Waals surface area contributed by atoms with Crippen molar-refractivity contribution in [1.29, 1.82) is 0 Å². The quantitative estimate of drug-likeness (QED) is 0.662. The van der Waals surface area contributed by atoms with Crippen LogP contribution in [0.3, 0.4) is 0 Å². The molecule has 2 N–H and O–H groups in total. The zero-order valence-corrected chi connectivity index (χ0v) is 10.4. The highest BCUT2D eigenvalue weighted by Gasteiger charge is 2.34. The van der Waals surface area contributed by atoms with E-state index in [0.717, 1.165) is 6.07 Å². The molecule has 19 heavy (non-hydrogen) atoms. The molecule has 106 valence electrons. The number of halogens is 4. The molecule has 0 saturated heterocycles. The lowest BCUT2D eigenvalue weighted by atomic mass is 9.94. The summed E-state index contributed by atoms with van der Waals surface area (Å²) in [5.41, 5.74) is 3.77. The molecule has 1 atom stereocenters. The highest BCUT2D eigenvalue weighted by Crippen LogP contribution is 2.32. The Labute approximate surface area is 108 Å². The second-order valence-electron chi connectivity index (χ2n) is 4.39. The van der Waals surface area contributed by atoms with Gasteiger partial charge in [-0.25, -0.2) is 4.39 Å². The topological polar surface area (TPSA) is 43.1 Å². The van der Waals surface area contributed by atoms with Crippen molar-refractivity contribution in [1.82, 2.24) is 0 Å². The van der Waals surface area contributed by atoms with E-state index in [2.05, 4.69) is 0 Å². The Kier molecular flexibility index (Phi) is 5.05. The second kappa shape index (κ2) is 6.14. The molecule has 1 aromatic rings. The molecule has 0 aliphatic heterocycles. The first-order valence-electron chi connectivity index (χ1n) is 5.88. The van der Waals surface area contributed by atoms with Gasteiger partial charge in [-0.3, -0.25) is 4.79 Å². The summed E-state index contributed by atoms with van der Waals surface area (Å²) in [4.78, 5) is 11.9. The predicted octanol–water partition coefficient (Wildman–Crippen LogP) is 3.40. The first-order valence-corrected chi connectivity index (χ1v) is 5.88. The van der Waals surface area contributed by atoms with Gasteiger partial charge in [0.2, 0.25) is 0 Å². The molecule has 0 amide bonds. The number of carbonyl (C=O) groups excluding carboxylic acids is 1. The van der Waals surface area contributed by atoms with E-state index in [1.807, 2.05) is 0 Å². The standard InChI is InChI=1S/C13H15F4NO/c1-8(3-2-6-18)12(19)9-4-5-11(14)10(7-9)13(15,16)17/h4-5,7-8H,2-3,6,18H2,1H3. The normalized spacial score (nSPS) is 13.4. The molecule has 2 nitrogen and oxygen atoms in total. The van der Waals surface area contributed by atoms with Crippen LogP contribution >= 0.6 is 0 Å². The lowest BCUT2D eigenvalue weighted by molar-refractivity contribution is -0.140. The van der Waals surface area contributed by atoms with Gasteiger partial charge in [0.05, 0.1) is 5.56 Å². The third-order valence-corrected chi connectivity index (χ3v) is 2.85. The molecule has 1 aromatic carbocycles. The van der Waals surface area contributed by atoms with Crippen LogP contribution in [-0.4, -0.2) is 12.3 Å². The van der Waals surface area contributed by atoms with Gasteiger partial charge in [-0.05, 0) is 37.6 Å². The minimum absolute atomic E-state index is 0.127. The number of hydrogen-bond donors (Lipinski definition) is 1.